The molecule has 1 aromatic heterocycles. The highest BCUT2D eigenvalue weighted by molar-refractivity contribution is 6.17. The number of likely N-dealkylation sites (N-methyl/N-ethyl adjacent to an activating group) is 1. The van der Waals surface area contributed by atoms with Crippen molar-refractivity contribution in [2.24, 2.45) is 0 Å². The van der Waals surface area contributed by atoms with Crippen molar-refractivity contribution in [3.8, 4) is 0 Å². The van der Waals surface area contributed by atoms with Crippen molar-refractivity contribution in [2.45, 2.75) is 33.7 Å². The van der Waals surface area contributed by atoms with Crippen LogP contribution < -0.4 is 0 Å². The first-order chi connectivity index (χ1) is 10.1. The summed E-state index contributed by atoms with van der Waals surface area (Å²) in [6.45, 7) is 9.99. The van der Waals surface area contributed by atoms with Crippen molar-refractivity contribution in [2.75, 3.05) is 25.5 Å². The highest BCUT2D eigenvalue weighted by Crippen LogP contribution is 2.21. The number of benzene rings is 1. The van der Waals surface area contributed by atoms with Crippen molar-refractivity contribution in [3.05, 3.63) is 29.3 Å². The molecule has 1 heterocycles. The molecule has 0 amide bonds. The van der Waals surface area contributed by atoms with Gasteiger partial charge < -0.3 is 9.47 Å². The van der Waals surface area contributed by atoms with Gasteiger partial charge in [-0.15, -0.1) is 11.6 Å². The number of halogens is 2. The molecule has 0 aliphatic rings. The second kappa shape index (κ2) is 7.23. The minimum Gasteiger partial charge on any atom is -0.327 e. The van der Waals surface area contributed by atoms with Crippen LogP contribution in [0.15, 0.2) is 12.1 Å². The van der Waals surface area contributed by atoms with Gasteiger partial charge in [-0.3, -0.25) is 0 Å². The first kappa shape index (κ1) is 16.2. The van der Waals surface area contributed by atoms with E-state index >= 15 is 0 Å². The molecule has 21 heavy (non-hydrogen) atoms. The SMILES string of the molecule is CCN(CC)CCn1c(CCCl)nc2cc(F)c(C)cc21. The third-order valence-corrected chi connectivity index (χ3v) is 4.15. The Morgan fingerprint density at radius 2 is 2.00 bits per heavy atom. The Morgan fingerprint density at radius 3 is 2.62 bits per heavy atom. The molecule has 0 aliphatic carbocycles. The average molecular weight is 312 g/mol. The van der Waals surface area contributed by atoms with Crippen LogP contribution in [0, 0.1) is 12.7 Å². The molecule has 0 saturated carbocycles. The van der Waals surface area contributed by atoms with E-state index in [-0.39, 0.29) is 5.82 Å². The van der Waals surface area contributed by atoms with Crippen molar-refractivity contribution < 1.29 is 4.39 Å². The summed E-state index contributed by atoms with van der Waals surface area (Å²) in [7, 11) is 0. The van der Waals surface area contributed by atoms with Crippen molar-refractivity contribution in [1.82, 2.24) is 14.5 Å². The van der Waals surface area contributed by atoms with Gasteiger partial charge in [0, 0.05) is 31.5 Å². The van der Waals surface area contributed by atoms with Crippen molar-refractivity contribution >= 4 is 22.6 Å². The zero-order valence-electron chi connectivity index (χ0n) is 13.0. The van der Waals surface area contributed by atoms with Gasteiger partial charge >= 0.3 is 0 Å². The molecule has 5 heteroatoms. The average Bonchev–Trinajstić information content (AvgIpc) is 2.78. The number of hydrogen-bond acceptors (Lipinski definition) is 2. The van der Waals surface area contributed by atoms with Crippen LogP contribution in [0.25, 0.3) is 11.0 Å². The normalized spacial score (nSPS) is 11.7. The maximum absolute atomic E-state index is 13.7. The number of aromatic nitrogens is 2. The second-order valence-electron chi connectivity index (χ2n) is 5.24. The third kappa shape index (κ3) is 3.55. The summed E-state index contributed by atoms with van der Waals surface area (Å²) in [6, 6.07) is 3.41. The van der Waals surface area contributed by atoms with Gasteiger partial charge in [0.2, 0.25) is 0 Å². The highest BCUT2D eigenvalue weighted by Gasteiger charge is 2.13. The van der Waals surface area contributed by atoms with Crippen LogP contribution in [0.3, 0.4) is 0 Å². The van der Waals surface area contributed by atoms with Gasteiger partial charge in [-0.25, -0.2) is 9.37 Å². The highest BCUT2D eigenvalue weighted by atomic mass is 35.5. The van der Waals surface area contributed by atoms with Gasteiger partial charge in [0.15, 0.2) is 0 Å². The summed E-state index contributed by atoms with van der Waals surface area (Å²) in [6.07, 6.45) is 0.704. The van der Waals surface area contributed by atoms with E-state index in [1.165, 1.54) is 6.07 Å². The maximum atomic E-state index is 13.7. The first-order valence-corrected chi connectivity index (χ1v) is 8.07. The maximum Gasteiger partial charge on any atom is 0.128 e. The van der Waals surface area contributed by atoms with Crippen LogP contribution in [0.4, 0.5) is 4.39 Å². The van der Waals surface area contributed by atoms with E-state index in [1.54, 1.807) is 6.92 Å². The number of aryl methyl sites for hydroxylation is 2. The fourth-order valence-electron chi connectivity index (χ4n) is 2.61. The summed E-state index contributed by atoms with van der Waals surface area (Å²) in [5.74, 6) is 1.27. The Labute approximate surface area is 130 Å². The Hall–Kier alpha value is -1.13. The standard InChI is InChI=1S/C16H23ClFN3/c1-4-20(5-2)8-9-21-15-10-12(3)13(18)11-14(15)19-16(21)6-7-17/h10-11H,4-9H2,1-3H3. The summed E-state index contributed by atoms with van der Waals surface area (Å²) < 4.78 is 15.9. The smallest absolute Gasteiger partial charge is 0.128 e. The molecule has 0 radical (unpaired) electrons. The lowest BCUT2D eigenvalue weighted by Crippen LogP contribution is -2.27. The number of nitrogens with zero attached hydrogens (tertiary/aromatic N) is 3. The minimum atomic E-state index is -0.201. The molecule has 0 saturated heterocycles. The molecule has 1 aromatic carbocycles. The molecule has 0 spiro atoms. The summed E-state index contributed by atoms with van der Waals surface area (Å²) in [5.41, 5.74) is 2.38. The van der Waals surface area contributed by atoms with Crippen molar-refractivity contribution in [3.63, 3.8) is 0 Å². The Balaban J connectivity index is 2.38. The molecule has 0 atom stereocenters. The van der Waals surface area contributed by atoms with Gasteiger partial charge in [0.25, 0.3) is 0 Å². The molecule has 0 fully saturated rings. The van der Waals surface area contributed by atoms with E-state index in [0.717, 1.165) is 43.0 Å². The van der Waals surface area contributed by atoms with E-state index in [2.05, 4.69) is 28.3 Å². The fraction of sp³-hybridized carbons (Fsp3) is 0.562. The summed E-state index contributed by atoms with van der Waals surface area (Å²) >= 11 is 5.88. The van der Waals surface area contributed by atoms with Gasteiger partial charge in [0.1, 0.15) is 11.6 Å². The lowest BCUT2D eigenvalue weighted by Gasteiger charge is -2.19. The van der Waals surface area contributed by atoms with E-state index in [0.29, 0.717) is 17.9 Å². The fourth-order valence-corrected chi connectivity index (χ4v) is 2.78. The molecule has 0 unspecified atom stereocenters. The molecule has 0 bridgehead atoms. The van der Waals surface area contributed by atoms with E-state index in [1.807, 2.05) is 6.07 Å². The second-order valence-corrected chi connectivity index (χ2v) is 5.61. The molecule has 116 valence electrons. The van der Waals surface area contributed by atoms with Gasteiger partial charge in [-0.1, -0.05) is 13.8 Å². The Kier molecular flexibility index (Phi) is 5.59. The van der Waals surface area contributed by atoms with Crippen LogP contribution in [0.5, 0.6) is 0 Å². The number of alkyl halides is 1. The van der Waals surface area contributed by atoms with E-state index < -0.39 is 0 Å². The summed E-state index contributed by atoms with van der Waals surface area (Å²) in [5, 5.41) is 0. The Morgan fingerprint density at radius 1 is 1.29 bits per heavy atom. The van der Waals surface area contributed by atoms with Gasteiger partial charge in [-0.05, 0) is 31.6 Å². The van der Waals surface area contributed by atoms with Gasteiger partial charge in [-0.2, -0.15) is 0 Å². The van der Waals surface area contributed by atoms with E-state index in [4.69, 9.17) is 11.6 Å². The largest absolute Gasteiger partial charge is 0.327 e. The van der Waals surface area contributed by atoms with Crippen LogP contribution >= 0.6 is 11.6 Å². The molecular formula is C16H23ClFN3. The van der Waals surface area contributed by atoms with Crippen molar-refractivity contribution in [1.29, 1.82) is 0 Å². The van der Waals surface area contributed by atoms with E-state index in [9.17, 15) is 4.39 Å². The monoisotopic (exact) mass is 311 g/mol. The van der Waals surface area contributed by atoms with Crippen LogP contribution in [-0.4, -0.2) is 40.0 Å². The quantitative estimate of drug-likeness (QED) is 0.728. The lowest BCUT2D eigenvalue weighted by atomic mass is 10.2. The van der Waals surface area contributed by atoms with Gasteiger partial charge in [0.05, 0.1) is 11.0 Å². The van der Waals surface area contributed by atoms with Crippen LogP contribution in [0.2, 0.25) is 0 Å². The minimum absolute atomic E-state index is 0.201. The Bertz CT molecular complexity index is 605. The number of hydrogen-bond donors (Lipinski definition) is 0. The lowest BCUT2D eigenvalue weighted by molar-refractivity contribution is 0.290. The first-order valence-electron chi connectivity index (χ1n) is 7.54. The molecular weight excluding hydrogens is 289 g/mol. The number of fused-ring (bicyclic) bond motifs is 1. The number of imidazole rings is 1. The molecule has 2 aromatic rings. The molecule has 0 aliphatic heterocycles. The zero-order chi connectivity index (χ0) is 15.4. The topological polar surface area (TPSA) is 21.1 Å². The number of rotatable bonds is 7. The zero-order valence-corrected chi connectivity index (χ0v) is 13.8. The predicted octanol–water partition coefficient (Wildman–Crippen LogP) is 3.61. The molecule has 3 nitrogen and oxygen atoms in total. The van der Waals surface area contributed by atoms with Crippen LogP contribution in [-0.2, 0) is 13.0 Å². The van der Waals surface area contributed by atoms with Crippen LogP contribution in [0.1, 0.15) is 25.2 Å². The predicted molar refractivity (Wildman–Crippen MR) is 86.6 cm³/mol. The molecule has 2 rings (SSSR count). The summed E-state index contributed by atoms with van der Waals surface area (Å²) in [4.78, 5) is 6.92. The third-order valence-electron chi connectivity index (χ3n) is 3.96. The molecule has 0 N–H and O–H groups in total.